The highest BCUT2D eigenvalue weighted by Crippen LogP contribution is 2.18. The average molecular weight is 1160 g/mol. The normalized spacial score (nSPS) is 13.2. The van der Waals surface area contributed by atoms with Crippen molar-refractivity contribution < 1.29 is 42.9 Å². The van der Waals surface area contributed by atoms with E-state index in [2.05, 4.69) is 86.8 Å². The van der Waals surface area contributed by atoms with Crippen LogP contribution in [-0.2, 0) is 33.3 Å². The van der Waals surface area contributed by atoms with Crippen molar-refractivity contribution in [1.29, 1.82) is 0 Å². The zero-order chi connectivity index (χ0) is 60.5. The molecule has 0 aromatic carbocycles. The van der Waals surface area contributed by atoms with Crippen LogP contribution in [0.3, 0.4) is 0 Å². The predicted molar refractivity (Wildman–Crippen MR) is 355 cm³/mol. The molecule has 9 heteroatoms. The fourth-order valence-electron chi connectivity index (χ4n) is 9.86. The van der Waals surface area contributed by atoms with Gasteiger partial charge >= 0.3 is 17.9 Å². The SMILES string of the molecule is CC/C=C\C/C=C\C/C=C\C/C=C\C/C=C\C/C=C\CCC(=O)OC(COC(=O)CCCCCCCCCCCCCCCCCCCCCCCCCCCCC/C=C\CCCCCCCCCC)COC(OCC[N+](C)(C)C)C(=O)O. The van der Waals surface area contributed by atoms with Crippen LogP contribution in [0.15, 0.2) is 85.1 Å². The highest BCUT2D eigenvalue weighted by molar-refractivity contribution is 5.71. The van der Waals surface area contributed by atoms with Gasteiger partial charge in [0.25, 0.3) is 6.29 Å². The second-order valence-electron chi connectivity index (χ2n) is 24.5. The number of carbonyl (C=O) groups excluding carboxylic acids is 2. The Labute approximate surface area is 512 Å². The van der Waals surface area contributed by atoms with Gasteiger partial charge in [0.2, 0.25) is 0 Å². The summed E-state index contributed by atoms with van der Waals surface area (Å²) in [4.78, 5) is 37.5. The number of hydrogen-bond acceptors (Lipinski definition) is 7. The molecule has 0 aliphatic heterocycles. The van der Waals surface area contributed by atoms with E-state index in [1.165, 1.54) is 218 Å². The van der Waals surface area contributed by atoms with E-state index in [0.29, 0.717) is 17.4 Å². The topological polar surface area (TPSA) is 108 Å². The summed E-state index contributed by atoms with van der Waals surface area (Å²) in [5.41, 5.74) is 0. The zero-order valence-corrected chi connectivity index (χ0v) is 54.8. The Bertz CT molecular complexity index is 1640. The first kappa shape index (κ1) is 79.5. The smallest absolute Gasteiger partial charge is 0.361 e. The minimum atomic E-state index is -1.53. The first-order chi connectivity index (χ1) is 40.6. The van der Waals surface area contributed by atoms with Crippen LogP contribution in [0.5, 0.6) is 0 Å². The van der Waals surface area contributed by atoms with Crippen molar-refractivity contribution in [1.82, 2.24) is 0 Å². The first-order valence-corrected chi connectivity index (χ1v) is 34.8. The zero-order valence-electron chi connectivity index (χ0n) is 54.8. The number of aliphatic carboxylic acids is 1. The molecule has 2 atom stereocenters. The van der Waals surface area contributed by atoms with Gasteiger partial charge in [0.15, 0.2) is 6.10 Å². The van der Waals surface area contributed by atoms with Gasteiger partial charge < -0.3 is 28.5 Å². The summed E-state index contributed by atoms with van der Waals surface area (Å²) < 4.78 is 22.8. The predicted octanol–water partition coefficient (Wildman–Crippen LogP) is 21.5. The molecule has 0 rings (SSSR count). The Balaban J connectivity index is 4.02. The molecule has 0 aliphatic carbocycles. The molecular formula is C74H132NO8+. The monoisotopic (exact) mass is 1160 g/mol. The Morgan fingerprint density at radius 1 is 0.373 bits per heavy atom. The third kappa shape index (κ3) is 65.9. The van der Waals surface area contributed by atoms with Gasteiger partial charge in [-0.1, -0.05) is 304 Å². The maximum atomic E-state index is 12.8. The number of esters is 2. The Hall–Kier alpha value is -3.53. The number of rotatable bonds is 64. The summed E-state index contributed by atoms with van der Waals surface area (Å²) in [6.07, 6.45) is 84.6. The summed E-state index contributed by atoms with van der Waals surface area (Å²) in [6.45, 7) is 4.70. The summed E-state index contributed by atoms with van der Waals surface area (Å²) in [5, 5.41) is 9.72. The number of carbonyl (C=O) groups is 3. The van der Waals surface area contributed by atoms with Crippen LogP contribution in [0.25, 0.3) is 0 Å². The molecule has 0 aromatic heterocycles. The van der Waals surface area contributed by atoms with E-state index in [4.69, 9.17) is 18.9 Å². The van der Waals surface area contributed by atoms with E-state index >= 15 is 0 Å². The average Bonchev–Trinajstić information content (AvgIpc) is 3.46. The maximum absolute atomic E-state index is 12.8. The van der Waals surface area contributed by atoms with Crippen LogP contribution < -0.4 is 0 Å². The van der Waals surface area contributed by atoms with Crippen molar-refractivity contribution in [2.24, 2.45) is 0 Å². The third-order valence-electron chi connectivity index (χ3n) is 15.1. The molecule has 0 spiro atoms. The number of unbranched alkanes of at least 4 members (excludes halogenated alkanes) is 35. The minimum Gasteiger partial charge on any atom is -0.477 e. The lowest BCUT2D eigenvalue weighted by Gasteiger charge is -2.25. The number of nitrogens with zero attached hydrogens (tertiary/aromatic N) is 1. The summed E-state index contributed by atoms with van der Waals surface area (Å²) in [5.74, 6) is -2.11. The first-order valence-electron chi connectivity index (χ1n) is 34.8. The highest BCUT2D eigenvalue weighted by atomic mass is 16.7. The van der Waals surface area contributed by atoms with Crippen LogP contribution in [0.4, 0.5) is 0 Å². The maximum Gasteiger partial charge on any atom is 0.361 e. The lowest BCUT2D eigenvalue weighted by molar-refractivity contribution is -0.870. The van der Waals surface area contributed by atoms with Gasteiger partial charge in [-0.05, 0) is 77.0 Å². The van der Waals surface area contributed by atoms with Crippen LogP contribution in [0.2, 0.25) is 0 Å². The standard InChI is InChI=1S/C74H131NO8/c1-6-8-10-12-14-16-18-20-22-24-26-27-28-29-30-31-32-33-34-35-36-37-38-39-40-41-42-43-44-45-47-48-50-52-54-56-58-60-62-64-71(76)81-68-70(69-82-74(73(78)79)80-67-66-75(3,4)5)83-72(77)65-63-61-59-57-55-53-51-49-46-25-23-21-19-17-15-13-11-9-7-2/h9,11,15,17,21,23-24,26,46,49,53,55,59,61,70,74H,6-8,10,12-14,16,18-20,22,25,27-45,47-48,50-52,54,56-58,60,62-69H2,1-5H3/p+1/b11-9-,17-15-,23-21-,26-24-,49-46-,55-53-,61-59-. The van der Waals surface area contributed by atoms with Crippen LogP contribution in [-0.4, -0.2) is 87.4 Å². The van der Waals surface area contributed by atoms with E-state index in [9.17, 15) is 19.5 Å². The molecule has 0 saturated heterocycles. The molecule has 0 heterocycles. The number of allylic oxidation sites excluding steroid dienone is 14. The fourth-order valence-corrected chi connectivity index (χ4v) is 9.86. The molecule has 0 radical (unpaired) electrons. The van der Waals surface area contributed by atoms with Crippen molar-refractivity contribution in [2.45, 2.75) is 322 Å². The molecule has 480 valence electrons. The second-order valence-corrected chi connectivity index (χ2v) is 24.5. The molecule has 83 heavy (non-hydrogen) atoms. The van der Waals surface area contributed by atoms with Gasteiger partial charge in [-0.25, -0.2) is 4.79 Å². The van der Waals surface area contributed by atoms with Gasteiger partial charge in [0.1, 0.15) is 13.2 Å². The molecular weight excluding hydrogens is 1030 g/mol. The fraction of sp³-hybridized carbons (Fsp3) is 0.770. The molecule has 0 saturated carbocycles. The van der Waals surface area contributed by atoms with Crippen LogP contribution >= 0.6 is 0 Å². The Kier molecular flexibility index (Phi) is 61.7. The van der Waals surface area contributed by atoms with Crippen molar-refractivity contribution in [3.8, 4) is 0 Å². The molecule has 0 aliphatic rings. The number of carboxylic acid groups (broad SMARTS) is 1. The lowest BCUT2D eigenvalue weighted by Crippen LogP contribution is -2.40. The Morgan fingerprint density at radius 3 is 1.07 bits per heavy atom. The third-order valence-corrected chi connectivity index (χ3v) is 15.1. The van der Waals surface area contributed by atoms with E-state index in [-0.39, 0.29) is 38.6 Å². The highest BCUT2D eigenvalue weighted by Gasteiger charge is 2.25. The van der Waals surface area contributed by atoms with E-state index < -0.39 is 24.3 Å². The quantitative estimate of drug-likeness (QED) is 0.0211. The van der Waals surface area contributed by atoms with Gasteiger partial charge in [0.05, 0.1) is 34.4 Å². The summed E-state index contributed by atoms with van der Waals surface area (Å²) >= 11 is 0. The minimum absolute atomic E-state index is 0.133. The molecule has 1 N–H and O–H groups in total. The summed E-state index contributed by atoms with van der Waals surface area (Å²) in [7, 11) is 5.95. The van der Waals surface area contributed by atoms with Gasteiger partial charge in [-0.2, -0.15) is 0 Å². The van der Waals surface area contributed by atoms with E-state index in [0.717, 1.165) is 57.8 Å². The van der Waals surface area contributed by atoms with Crippen LogP contribution in [0.1, 0.15) is 309 Å². The van der Waals surface area contributed by atoms with Gasteiger partial charge in [-0.15, -0.1) is 0 Å². The molecule has 9 nitrogen and oxygen atoms in total. The van der Waals surface area contributed by atoms with Crippen molar-refractivity contribution in [3.63, 3.8) is 0 Å². The molecule has 0 amide bonds. The number of likely N-dealkylation sites (N-methyl/N-ethyl adjacent to an activating group) is 1. The molecule has 0 fully saturated rings. The second kappa shape index (κ2) is 64.5. The molecule has 0 bridgehead atoms. The number of carboxylic acids is 1. The van der Waals surface area contributed by atoms with Crippen molar-refractivity contribution >= 4 is 17.9 Å². The van der Waals surface area contributed by atoms with E-state index in [1.807, 2.05) is 33.3 Å². The molecule has 0 aromatic rings. The van der Waals surface area contributed by atoms with E-state index in [1.54, 1.807) is 0 Å². The number of quaternary nitrogens is 1. The van der Waals surface area contributed by atoms with Crippen LogP contribution in [0, 0.1) is 0 Å². The molecule has 2 unspecified atom stereocenters. The summed E-state index contributed by atoms with van der Waals surface area (Å²) in [6, 6.07) is 0. The van der Waals surface area contributed by atoms with Crippen molar-refractivity contribution in [3.05, 3.63) is 85.1 Å². The Morgan fingerprint density at radius 2 is 0.711 bits per heavy atom. The van der Waals surface area contributed by atoms with Gasteiger partial charge in [-0.3, -0.25) is 9.59 Å². The lowest BCUT2D eigenvalue weighted by atomic mass is 10.0. The largest absolute Gasteiger partial charge is 0.477 e. The number of ether oxygens (including phenoxy) is 4. The van der Waals surface area contributed by atoms with Gasteiger partial charge in [0, 0.05) is 12.8 Å². The number of hydrogen-bond donors (Lipinski definition) is 1. The van der Waals surface area contributed by atoms with Crippen molar-refractivity contribution in [2.75, 3.05) is 47.5 Å².